The number of aromatic amines is 1. The Balaban J connectivity index is 2.88. The molecule has 6 nitrogen and oxygen atoms in total. The van der Waals surface area contributed by atoms with Crippen molar-refractivity contribution in [3.05, 3.63) is 21.7 Å². The Kier molecular flexibility index (Phi) is 2.04. The van der Waals surface area contributed by atoms with Gasteiger partial charge in [0, 0.05) is 11.3 Å². The Hall–Kier alpha value is -1.76. The van der Waals surface area contributed by atoms with Crippen LogP contribution in [0, 0.1) is 18.5 Å². The molecule has 7 heteroatoms. The number of fused-ring (bicyclic) bond motifs is 1. The molecule has 0 aliphatic rings. The summed E-state index contributed by atoms with van der Waals surface area (Å²) < 4.78 is 1.89. The maximum atomic E-state index is 10.7. The molecule has 0 radical (unpaired) electrons. The second-order valence-electron chi connectivity index (χ2n) is 3.14. The second-order valence-corrected chi connectivity index (χ2v) is 3.53. The van der Waals surface area contributed by atoms with Crippen LogP contribution in [0.3, 0.4) is 0 Å². The standard InChI is InChI=1S/C8H8N4O2S/c1-3-4(2)9-8-10-5(7(13)14)11-12(8)6(3)15/h1-2H3,(H,13,14)(H,9,10,11). The van der Waals surface area contributed by atoms with Gasteiger partial charge in [0.1, 0.15) is 4.64 Å². The van der Waals surface area contributed by atoms with Gasteiger partial charge >= 0.3 is 5.97 Å². The van der Waals surface area contributed by atoms with Gasteiger partial charge in [0.2, 0.25) is 5.82 Å². The Morgan fingerprint density at radius 2 is 2.13 bits per heavy atom. The van der Waals surface area contributed by atoms with Crippen LogP contribution in [0.2, 0.25) is 0 Å². The number of aromatic carboxylic acids is 1. The van der Waals surface area contributed by atoms with Crippen LogP contribution in [-0.4, -0.2) is 30.7 Å². The number of carbonyl (C=O) groups is 1. The van der Waals surface area contributed by atoms with Crippen LogP contribution >= 0.6 is 12.2 Å². The number of aromatic nitrogens is 4. The van der Waals surface area contributed by atoms with Crippen molar-refractivity contribution in [1.29, 1.82) is 0 Å². The molecule has 0 unspecified atom stereocenters. The average molecular weight is 224 g/mol. The van der Waals surface area contributed by atoms with E-state index in [-0.39, 0.29) is 11.6 Å². The van der Waals surface area contributed by atoms with Gasteiger partial charge in [-0.2, -0.15) is 4.98 Å². The number of carboxylic acids is 1. The molecule has 0 saturated heterocycles. The monoisotopic (exact) mass is 224 g/mol. The summed E-state index contributed by atoms with van der Waals surface area (Å²) in [6.45, 7) is 3.64. The third kappa shape index (κ3) is 1.40. The summed E-state index contributed by atoms with van der Waals surface area (Å²) >= 11 is 5.14. The van der Waals surface area contributed by atoms with Gasteiger partial charge in [-0.1, -0.05) is 12.2 Å². The zero-order valence-electron chi connectivity index (χ0n) is 8.11. The average Bonchev–Trinajstić information content (AvgIpc) is 2.58. The van der Waals surface area contributed by atoms with Gasteiger partial charge in [-0.3, -0.25) is 5.10 Å². The van der Waals surface area contributed by atoms with E-state index in [0.717, 1.165) is 11.3 Å². The van der Waals surface area contributed by atoms with Gasteiger partial charge in [0.15, 0.2) is 0 Å². The van der Waals surface area contributed by atoms with E-state index in [1.807, 2.05) is 6.92 Å². The van der Waals surface area contributed by atoms with Crippen LogP contribution in [0.5, 0.6) is 0 Å². The van der Waals surface area contributed by atoms with Crippen molar-refractivity contribution in [2.75, 3.05) is 0 Å². The normalized spacial score (nSPS) is 10.8. The van der Waals surface area contributed by atoms with Crippen molar-refractivity contribution >= 4 is 24.0 Å². The van der Waals surface area contributed by atoms with E-state index in [9.17, 15) is 4.79 Å². The van der Waals surface area contributed by atoms with Crippen molar-refractivity contribution in [2.45, 2.75) is 13.8 Å². The van der Waals surface area contributed by atoms with Gasteiger partial charge in [-0.05, 0) is 13.8 Å². The molecule has 2 rings (SSSR count). The highest BCUT2D eigenvalue weighted by atomic mass is 32.1. The summed E-state index contributed by atoms with van der Waals surface area (Å²) in [5.41, 5.74) is 1.59. The highest BCUT2D eigenvalue weighted by Gasteiger charge is 2.12. The summed E-state index contributed by atoms with van der Waals surface area (Å²) in [6, 6.07) is 0. The third-order valence-electron chi connectivity index (χ3n) is 2.17. The molecule has 2 N–H and O–H groups in total. The Labute approximate surface area is 89.6 Å². The van der Waals surface area contributed by atoms with Crippen LogP contribution in [0.4, 0.5) is 0 Å². The number of H-pyrrole nitrogens is 1. The van der Waals surface area contributed by atoms with E-state index < -0.39 is 5.97 Å². The maximum absolute atomic E-state index is 10.7. The lowest BCUT2D eigenvalue weighted by atomic mass is 10.3. The van der Waals surface area contributed by atoms with Crippen molar-refractivity contribution < 1.29 is 9.90 Å². The number of aryl methyl sites for hydroxylation is 1. The molecule has 0 aromatic carbocycles. The molecule has 2 heterocycles. The molecule has 0 aliphatic carbocycles. The molecular formula is C8H8N4O2S. The number of rotatable bonds is 1. The summed E-state index contributed by atoms with van der Waals surface area (Å²) in [5.74, 6) is -1.02. The van der Waals surface area contributed by atoms with E-state index in [1.165, 1.54) is 4.52 Å². The summed E-state index contributed by atoms with van der Waals surface area (Å²) in [4.78, 5) is 18.6. The van der Waals surface area contributed by atoms with E-state index >= 15 is 0 Å². The molecule has 0 aliphatic heterocycles. The molecule has 2 aromatic heterocycles. The van der Waals surface area contributed by atoms with Crippen molar-refractivity contribution in [3.63, 3.8) is 0 Å². The van der Waals surface area contributed by atoms with E-state index in [2.05, 4.69) is 15.1 Å². The quantitative estimate of drug-likeness (QED) is 0.709. The predicted molar refractivity (Wildman–Crippen MR) is 54.6 cm³/mol. The molecule has 0 saturated carbocycles. The fraction of sp³-hybridized carbons (Fsp3) is 0.250. The topological polar surface area (TPSA) is 83.3 Å². The first-order valence-corrected chi connectivity index (χ1v) is 4.61. The molecule has 0 bridgehead atoms. The molecular weight excluding hydrogens is 216 g/mol. The fourth-order valence-electron chi connectivity index (χ4n) is 1.20. The minimum absolute atomic E-state index is 0.168. The molecule has 0 fully saturated rings. The fourth-order valence-corrected chi connectivity index (χ4v) is 1.47. The highest BCUT2D eigenvalue weighted by molar-refractivity contribution is 7.71. The van der Waals surface area contributed by atoms with Crippen LogP contribution in [0.25, 0.3) is 5.78 Å². The van der Waals surface area contributed by atoms with Crippen molar-refractivity contribution in [1.82, 2.24) is 19.6 Å². The number of nitrogens with zero attached hydrogens (tertiary/aromatic N) is 3. The smallest absolute Gasteiger partial charge is 0.373 e. The summed E-state index contributed by atoms with van der Waals surface area (Å²) in [7, 11) is 0. The first-order chi connectivity index (χ1) is 7.00. The van der Waals surface area contributed by atoms with Crippen molar-refractivity contribution in [3.8, 4) is 0 Å². The highest BCUT2D eigenvalue weighted by Crippen LogP contribution is 2.08. The minimum Gasteiger partial charge on any atom is -0.475 e. The SMILES string of the molecule is Cc1nc2nc(C(=O)O)[nH]n2c(=S)c1C. The Bertz CT molecular complexity index is 613. The predicted octanol–water partition coefficient (Wildman–Crippen LogP) is 1.10. The van der Waals surface area contributed by atoms with Gasteiger partial charge in [-0.25, -0.2) is 14.3 Å². The minimum atomic E-state index is -1.13. The Morgan fingerprint density at radius 1 is 1.47 bits per heavy atom. The third-order valence-corrected chi connectivity index (χ3v) is 2.66. The zero-order valence-corrected chi connectivity index (χ0v) is 8.92. The van der Waals surface area contributed by atoms with Crippen LogP contribution in [0.15, 0.2) is 0 Å². The first kappa shape index (κ1) is 9.78. The molecule has 15 heavy (non-hydrogen) atoms. The van der Waals surface area contributed by atoms with Crippen LogP contribution in [-0.2, 0) is 0 Å². The molecule has 0 amide bonds. The lowest BCUT2D eigenvalue weighted by Gasteiger charge is -1.99. The molecule has 0 spiro atoms. The lowest BCUT2D eigenvalue weighted by Crippen LogP contribution is -2.00. The summed E-state index contributed by atoms with van der Waals surface area (Å²) in [6.07, 6.45) is 0. The van der Waals surface area contributed by atoms with E-state index in [0.29, 0.717) is 4.64 Å². The van der Waals surface area contributed by atoms with E-state index in [4.69, 9.17) is 17.3 Å². The van der Waals surface area contributed by atoms with Crippen molar-refractivity contribution in [2.24, 2.45) is 0 Å². The van der Waals surface area contributed by atoms with Gasteiger partial charge in [0.25, 0.3) is 5.78 Å². The maximum Gasteiger partial charge on any atom is 0.373 e. The van der Waals surface area contributed by atoms with Crippen LogP contribution in [0.1, 0.15) is 21.9 Å². The Morgan fingerprint density at radius 3 is 2.73 bits per heavy atom. The second kappa shape index (κ2) is 3.13. The zero-order chi connectivity index (χ0) is 11.2. The molecule has 2 aromatic rings. The number of hydrogen-bond donors (Lipinski definition) is 2. The molecule has 78 valence electrons. The first-order valence-electron chi connectivity index (χ1n) is 4.20. The largest absolute Gasteiger partial charge is 0.475 e. The molecule has 0 atom stereocenters. The number of carboxylic acid groups (broad SMARTS) is 1. The number of hydrogen-bond acceptors (Lipinski definition) is 4. The number of nitrogens with one attached hydrogen (secondary N) is 1. The van der Waals surface area contributed by atoms with E-state index in [1.54, 1.807) is 6.92 Å². The lowest BCUT2D eigenvalue weighted by molar-refractivity contribution is 0.0684. The summed E-state index contributed by atoms with van der Waals surface area (Å²) in [5, 5.41) is 11.3. The van der Waals surface area contributed by atoms with Crippen LogP contribution < -0.4 is 0 Å². The van der Waals surface area contributed by atoms with Gasteiger partial charge in [0.05, 0.1) is 0 Å². The van der Waals surface area contributed by atoms with Gasteiger partial charge in [-0.15, -0.1) is 0 Å². The van der Waals surface area contributed by atoms with Gasteiger partial charge < -0.3 is 5.11 Å².